The Morgan fingerprint density at radius 1 is 1.07 bits per heavy atom. The highest BCUT2D eigenvalue weighted by atomic mass is 32.1. The van der Waals surface area contributed by atoms with Crippen LogP contribution < -0.4 is 10.6 Å². The van der Waals surface area contributed by atoms with Crippen LogP contribution in [0.1, 0.15) is 15.2 Å². The number of hydrogen-bond acceptors (Lipinski definition) is 5. The number of carbonyl (C=O) groups is 2. The molecule has 0 atom stereocenters. The van der Waals surface area contributed by atoms with Gasteiger partial charge in [-0.1, -0.05) is 18.2 Å². The van der Waals surface area contributed by atoms with Crippen LogP contribution in [0.2, 0.25) is 0 Å². The van der Waals surface area contributed by atoms with Crippen molar-refractivity contribution in [3.05, 3.63) is 97.9 Å². The summed E-state index contributed by atoms with van der Waals surface area (Å²) in [6.45, 7) is 0. The minimum absolute atomic E-state index is 0.210. The van der Waals surface area contributed by atoms with Gasteiger partial charge in [-0.2, -0.15) is 0 Å². The van der Waals surface area contributed by atoms with Gasteiger partial charge in [-0.05, 0) is 35.2 Å². The number of rotatable bonds is 6. The number of halogens is 2. The van der Waals surface area contributed by atoms with Gasteiger partial charge in [0.15, 0.2) is 0 Å². The third-order valence-electron chi connectivity index (χ3n) is 3.81. The molecule has 1 heterocycles. The molecule has 0 spiro atoms. The molecular formula is C20H13F2N3O4S. The summed E-state index contributed by atoms with van der Waals surface area (Å²) in [7, 11) is 0. The van der Waals surface area contributed by atoms with Gasteiger partial charge in [0.2, 0.25) is 0 Å². The van der Waals surface area contributed by atoms with E-state index in [0.29, 0.717) is 10.9 Å². The predicted octanol–water partition coefficient (Wildman–Crippen LogP) is 4.34. The molecule has 0 radical (unpaired) electrons. The quantitative estimate of drug-likeness (QED) is 0.346. The van der Waals surface area contributed by atoms with E-state index in [0.717, 1.165) is 23.5 Å². The van der Waals surface area contributed by atoms with Crippen molar-refractivity contribution in [2.75, 3.05) is 5.32 Å². The van der Waals surface area contributed by atoms with Crippen LogP contribution in [0, 0.1) is 21.7 Å². The number of benzene rings is 2. The zero-order valence-electron chi connectivity index (χ0n) is 15.1. The smallest absolute Gasteiger partial charge is 0.272 e. The van der Waals surface area contributed by atoms with Gasteiger partial charge in [-0.3, -0.25) is 19.7 Å². The van der Waals surface area contributed by atoms with E-state index >= 15 is 0 Å². The number of hydrogen-bond donors (Lipinski definition) is 2. The van der Waals surface area contributed by atoms with Gasteiger partial charge in [0.1, 0.15) is 17.3 Å². The lowest BCUT2D eigenvalue weighted by Gasteiger charge is -2.11. The molecule has 2 N–H and O–H groups in total. The first kappa shape index (κ1) is 20.8. The summed E-state index contributed by atoms with van der Waals surface area (Å²) in [5.41, 5.74) is -0.521. The average Bonchev–Trinajstić information content (AvgIpc) is 3.24. The average molecular weight is 429 g/mol. The zero-order valence-corrected chi connectivity index (χ0v) is 15.9. The molecule has 0 bridgehead atoms. The maximum Gasteiger partial charge on any atom is 0.272 e. The van der Waals surface area contributed by atoms with Gasteiger partial charge < -0.3 is 10.6 Å². The topological polar surface area (TPSA) is 101 Å². The molecule has 3 rings (SSSR count). The number of carbonyl (C=O) groups excluding carboxylic acids is 2. The molecule has 2 amide bonds. The number of amides is 2. The lowest BCUT2D eigenvalue weighted by molar-refractivity contribution is -0.384. The van der Waals surface area contributed by atoms with Crippen LogP contribution in [0.5, 0.6) is 0 Å². The van der Waals surface area contributed by atoms with Crippen LogP contribution >= 0.6 is 11.3 Å². The number of anilines is 1. The maximum absolute atomic E-state index is 13.9. The summed E-state index contributed by atoms with van der Waals surface area (Å²) < 4.78 is 27.0. The summed E-state index contributed by atoms with van der Waals surface area (Å²) in [6, 6.07) is 11.2. The Balaban J connectivity index is 1.93. The molecule has 7 nitrogen and oxygen atoms in total. The van der Waals surface area contributed by atoms with Gasteiger partial charge >= 0.3 is 0 Å². The van der Waals surface area contributed by atoms with E-state index in [2.05, 4.69) is 10.6 Å². The molecule has 30 heavy (non-hydrogen) atoms. The highest BCUT2D eigenvalue weighted by molar-refractivity contribution is 7.12. The molecule has 1 aromatic heterocycles. The highest BCUT2D eigenvalue weighted by Crippen LogP contribution is 2.19. The van der Waals surface area contributed by atoms with Crippen LogP contribution in [-0.2, 0) is 4.79 Å². The fourth-order valence-electron chi connectivity index (χ4n) is 2.43. The number of nitro benzene ring substituents is 1. The second kappa shape index (κ2) is 9.05. The van der Waals surface area contributed by atoms with E-state index in [4.69, 9.17) is 0 Å². The van der Waals surface area contributed by atoms with Crippen molar-refractivity contribution in [1.29, 1.82) is 0 Å². The Labute approximate surface area is 172 Å². The molecule has 0 saturated carbocycles. The van der Waals surface area contributed by atoms with Crippen molar-refractivity contribution >= 4 is 40.6 Å². The van der Waals surface area contributed by atoms with Crippen LogP contribution in [0.15, 0.2) is 65.7 Å². The monoisotopic (exact) mass is 429 g/mol. The zero-order chi connectivity index (χ0) is 21.7. The van der Waals surface area contributed by atoms with Crippen molar-refractivity contribution < 1.29 is 23.3 Å². The molecule has 2 aromatic carbocycles. The lowest BCUT2D eigenvalue weighted by Crippen LogP contribution is -2.30. The van der Waals surface area contributed by atoms with E-state index in [1.807, 2.05) is 0 Å². The Morgan fingerprint density at radius 2 is 1.87 bits per heavy atom. The van der Waals surface area contributed by atoms with Crippen molar-refractivity contribution in [3.8, 4) is 0 Å². The minimum atomic E-state index is -0.998. The summed E-state index contributed by atoms with van der Waals surface area (Å²) >= 11 is 1.14. The van der Waals surface area contributed by atoms with Gasteiger partial charge in [0.25, 0.3) is 17.5 Å². The maximum atomic E-state index is 13.9. The molecule has 0 fully saturated rings. The summed E-state index contributed by atoms with van der Waals surface area (Å²) in [4.78, 5) is 35.8. The highest BCUT2D eigenvalue weighted by Gasteiger charge is 2.17. The van der Waals surface area contributed by atoms with Crippen LogP contribution in [-0.4, -0.2) is 16.7 Å². The fourth-order valence-corrected chi connectivity index (χ4v) is 3.04. The molecule has 10 heteroatoms. The number of nitrogens with one attached hydrogen (secondary N) is 2. The molecule has 0 aliphatic carbocycles. The molecule has 0 aliphatic heterocycles. The standard InChI is InChI=1S/C20H13F2N3O4S/c21-13-6-7-16(15(22)11-13)23-19(26)17(24-20(27)18-5-2-8-30-18)10-12-3-1-4-14(9-12)25(28)29/h1-11H,(H,23,26)(H,24,27)/b17-10-. The SMILES string of the molecule is O=C(Nc1ccc(F)cc1F)/C(=C/c1cccc([N+](=O)[O-])c1)NC(=O)c1cccs1. The van der Waals surface area contributed by atoms with Gasteiger partial charge in [0.05, 0.1) is 15.5 Å². The van der Waals surface area contributed by atoms with E-state index in [-0.39, 0.29) is 22.6 Å². The Hall–Kier alpha value is -3.92. The summed E-state index contributed by atoms with van der Waals surface area (Å²) in [5.74, 6) is -3.29. The van der Waals surface area contributed by atoms with Crippen molar-refractivity contribution in [1.82, 2.24) is 5.32 Å². The fraction of sp³-hybridized carbons (Fsp3) is 0. The second-order valence-electron chi connectivity index (χ2n) is 5.92. The van der Waals surface area contributed by atoms with Gasteiger partial charge in [-0.25, -0.2) is 8.78 Å². The van der Waals surface area contributed by atoms with Crippen LogP contribution in [0.3, 0.4) is 0 Å². The summed E-state index contributed by atoms with van der Waals surface area (Å²) in [6.07, 6.45) is 1.22. The normalized spacial score (nSPS) is 11.1. The molecule has 0 unspecified atom stereocenters. The number of thiophene rings is 1. The lowest BCUT2D eigenvalue weighted by atomic mass is 10.1. The Morgan fingerprint density at radius 3 is 2.53 bits per heavy atom. The van der Waals surface area contributed by atoms with Crippen LogP contribution in [0.4, 0.5) is 20.2 Å². The molecule has 152 valence electrons. The Bertz CT molecular complexity index is 1150. The van der Waals surface area contributed by atoms with Crippen molar-refractivity contribution in [3.63, 3.8) is 0 Å². The third kappa shape index (κ3) is 5.11. The molecule has 0 aliphatic rings. The number of non-ortho nitro benzene ring substituents is 1. The van der Waals surface area contributed by atoms with Crippen molar-refractivity contribution in [2.45, 2.75) is 0 Å². The first-order valence-electron chi connectivity index (χ1n) is 8.41. The van der Waals surface area contributed by atoms with E-state index in [9.17, 15) is 28.5 Å². The van der Waals surface area contributed by atoms with Gasteiger partial charge in [-0.15, -0.1) is 11.3 Å². The molecule has 0 saturated heterocycles. The van der Waals surface area contributed by atoms with E-state index < -0.39 is 28.4 Å². The molecular weight excluding hydrogens is 416 g/mol. The number of nitro groups is 1. The predicted molar refractivity (Wildman–Crippen MR) is 108 cm³/mol. The number of nitrogens with zero attached hydrogens (tertiary/aromatic N) is 1. The third-order valence-corrected chi connectivity index (χ3v) is 4.68. The van der Waals surface area contributed by atoms with Crippen LogP contribution in [0.25, 0.3) is 6.08 Å². The largest absolute Gasteiger partial charge is 0.318 e. The second-order valence-corrected chi connectivity index (χ2v) is 6.87. The minimum Gasteiger partial charge on any atom is -0.318 e. The van der Waals surface area contributed by atoms with Crippen molar-refractivity contribution in [2.24, 2.45) is 0 Å². The molecule has 3 aromatic rings. The first-order valence-corrected chi connectivity index (χ1v) is 9.29. The van der Waals surface area contributed by atoms with Gasteiger partial charge in [0, 0.05) is 18.2 Å². The first-order chi connectivity index (χ1) is 14.3. The summed E-state index contributed by atoms with van der Waals surface area (Å²) in [5, 5.41) is 17.3. The Kier molecular flexibility index (Phi) is 6.28. The van der Waals surface area contributed by atoms with E-state index in [1.165, 1.54) is 30.3 Å². The van der Waals surface area contributed by atoms with E-state index in [1.54, 1.807) is 17.5 Å².